The average molecular weight is 367 g/mol. The van der Waals surface area contributed by atoms with Gasteiger partial charge in [0.2, 0.25) is 0 Å². The molecule has 0 saturated carbocycles. The second-order valence-corrected chi connectivity index (χ2v) is 7.44. The topological polar surface area (TPSA) is 92.4 Å². The summed E-state index contributed by atoms with van der Waals surface area (Å²) in [4.78, 5) is 38.1. The normalized spacial score (nSPS) is 18.1. The second-order valence-electron chi connectivity index (χ2n) is 7.44. The van der Waals surface area contributed by atoms with Crippen molar-refractivity contribution in [1.82, 2.24) is 15.1 Å². The number of Topliss-reactive ketones (excluding diaryl/α,β-unsaturated/α-hetero) is 1. The van der Waals surface area contributed by atoms with Crippen LogP contribution in [-0.4, -0.2) is 45.5 Å². The van der Waals surface area contributed by atoms with E-state index < -0.39 is 5.60 Å². The maximum atomic E-state index is 12.8. The van der Waals surface area contributed by atoms with Gasteiger partial charge in [0.05, 0.1) is 12.0 Å². The first-order valence-corrected chi connectivity index (χ1v) is 9.05. The predicted octanol–water partition coefficient (Wildman–Crippen LogP) is 2.03. The van der Waals surface area contributed by atoms with E-state index in [4.69, 9.17) is 4.74 Å². The number of hydrogen-bond donors (Lipinski definition) is 1. The Morgan fingerprint density at radius 2 is 1.93 bits per heavy atom. The number of piperidine rings is 1. The largest absolute Gasteiger partial charge is 0.486 e. The van der Waals surface area contributed by atoms with Crippen LogP contribution in [-0.2, 0) is 0 Å². The number of carbonyl (C=O) groups excluding carboxylic acids is 2. The molecule has 0 radical (unpaired) electrons. The van der Waals surface area contributed by atoms with Gasteiger partial charge in [0, 0.05) is 32.0 Å². The number of benzene rings is 1. The van der Waals surface area contributed by atoms with Gasteiger partial charge in [0.1, 0.15) is 17.0 Å². The lowest BCUT2D eigenvalue weighted by Crippen LogP contribution is -2.52. The van der Waals surface area contributed by atoms with E-state index in [-0.39, 0.29) is 22.9 Å². The van der Waals surface area contributed by atoms with E-state index in [1.165, 1.54) is 12.1 Å². The van der Waals surface area contributed by atoms with Crippen LogP contribution in [0.15, 0.2) is 29.1 Å². The van der Waals surface area contributed by atoms with Gasteiger partial charge in [-0.15, -0.1) is 0 Å². The summed E-state index contributed by atoms with van der Waals surface area (Å²) in [6, 6.07) is 6.63. The van der Waals surface area contributed by atoms with Crippen LogP contribution in [0.25, 0.3) is 0 Å². The summed E-state index contributed by atoms with van der Waals surface area (Å²) in [5.74, 6) is 0.539. The van der Waals surface area contributed by atoms with Gasteiger partial charge in [-0.2, -0.15) is 5.10 Å². The molecule has 2 aromatic rings. The highest BCUT2D eigenvalue weighted by Gasteiger charge is 2.44. The Kier molecular flexibility index (Phi) is 4.09. The quantitative estimate of drug-likeness (QED) is 0.833. The second kappa shape index (κ2) is 6.33. The molecular formula is C20H21N3O4. The first kappa shape index (κ1) is 17.5. The molecule has 27 heavy (non-hydrogen) atoms. The van der Waals surface area contributed by atoms with E-state index in [0.717, 1.165) is 11.1 Å². The standard InChI is InChI=1S/C20H21N3O4/c1-12-9-13(2)18-15(24)11-20(27-16(18)10-12)5-7-23(8-6-20)19(26)14-3-4-17(25)22-21-14/h3-4,9-10H,5-8,11H2,1-2H3,(H,22,25). The third-order valence-corrected chi connectivity index (χ3v) is 5.39. The lowest BCUT2D eigenvalue weighted by atomic mass is 9.81. The van der Waals surface area contributed by atoms with Crippen LogP contribution in [0.1, 0.15) is 51.2 Å². The summed E-state index contributed by atoms with van der Waals surface area (Å²) in [5.41, 5.74) is 2.00. The van der Waals surface area contributed by atoms with Gasteiger partial charge in [-0.05, 0) is 37.1 Å². The number of hydrogen-bond acceptors (Lipinski definition) is 5. The zero-order valence-corrected chi connectivity index (χ0v) is 15.4. The molecule has 140 valence electrons. The van der Waals surface area contributed by atoms with Gasteiger partial charge in [-0.1, -0.05) is 6.07 Å². The molecule has 4 rings (SSSR count). The van der Waals surface area contributed by atoms with Crippen molar-refractivity contribution in [2.45, 2.75) is 38.7 Å². The number of H-pyrrole nitrogens is 1. The number of carbonyl (C=O) groups is 2. The number of nitrogens with one attached hydrogen (secondary N) is 1. The van der Waals surface area contributed by atoms with Crippen molar-refractivity contribution >= 4 is 11.7 Å². The highest BCUT2D eigenvalue weighted by atomic mass is 16.5. The summed E-state index contributed by atoms with van der Waals surface area (Å²) in [6.07, 6.45) is 1.50. The van der Waals surface area contributed by atoms with Crippen molar-refractivity contribution in [3.8, 4) is 5.75 Å². The SMILES string of the molecule is Cc1cc(C)c2c(c1)OC1(CCN(C(=O)c3ccc(=O)[nH]n3)CC1)CC2=O. The molecule has 1 fully saturated rings. The number of ether oxygens (including phenoxy) is 1. The number of aryl methyl sites for hydroxylation is 2. The molecule has 1 aromatic carbocycles. The fraction of sp³-hybridized carbons (Fsp3) is 0.400. The Bertz CT molecular complexity index is 967. The van der Waals surface area contributed by atoms with Crippen LogP contribution in [0.5, 0.6) is 5.75 Å². The summed E-state index contributed by atoms with van der Waals surface area (Å²) >= 11 is 0. The van der Waals surface area contributed by atoms with E-state index in [2.05, 4.69) is 10.2 Å². The molecule has 0 aliphatic carbocycles. The zero-order valence-electron chi connectivity index (χ0n) is 15.4. The molecule has 1 N–H and O–H groups in total. The molecule has 1 aromatic heterocycles. The molecule has 0 atom stereocenters. The van der Waals surface area contributed by atoms with E-state index in [1.807, 2.05) is 26.0 Å². The van der Waals surface area contributed by atoms with Crippen molar-refractivity contribution in [3.05, 3.63) is 57.0 Å². The van der Waals surface area contributed by atoms with E-state index in [0.29, 0.717) is 43.7 Å². The fourth-order valence-corrected chi connectivity index (χ4v) is 4.04. The minimum atomic E-state index is -0.556. The maximum absolute atomic E-state index is 12.8. The van der Waals surface area contributed by atoms with Crippen LogP contribution in [0.4, 0.5) is 0 Å². The first-order valence-electron chi connectivity index (χ1n) is 9.05. The van der Waals surface area contributed by atoms with Gasteiger partial charge < -0.3 is 9.64 Å². The van der Waals surface area contributed by atoms with E-state index in [9.17, 15) is 14.4 Å². The average Bonchev–Trinajstić information content (AvgIpc) is 2.61. The predicted molar refractivity (Wildman–Crippen MR) is 98.2 cm³/mol. The Labute approximate surface area is 156 Å². The van der Waals surface area contributed by atoms with Gasteiger partial charge in [0.25, 0.3) is 11.5 Å². The number of fused-ring (bicyclic) bond motifs is 1. The Hall–Kier alpha value is -2.96. The minimum absolute atomic E-state index is 0.107. The number of aromatic nitrogens is 2. The minimum Gasteiger partial charge on any atom is -0.486 e. The smallest absolute Gasteiger partial charge is 0.274 e. The third-order valence-electron chi connectivity index (χ3n) is 5.39. The van der Waals surface area contributed by atoms with Crippen molar-refractivity contribution in [1.29, 1.82) is 0 Å². The summed E-state index contributed by atoms with van der Waals surface area (Å²) in [5, 5.41) is 6.09. The molecule has 3 heterocycles. The Morgan fingerprint density at radius 1 is 1.19 bits per heavy atom. The van der Waals surface area contributed by atoms with Crippen molar-refractivity contribution in [2.75, 3.05) is 13.1 Å². The number of likely N-dealkylation sites (tertiary alicyclic amines) is 1. The van der Waals surface area contributed by atoms with Gasteiger partial charge in [-0.25, -0.2) is 5.10 Å². The monoisotopic (exact) mass is 367 g/mol. The van der Waals surface area contributed by atoms with Crippen LogP contribution in [0, 0.1) is 13.8 Å². The molecule has 2 aliphatic rings. The number of aromatic amines is 1. The molecule has 7 heteroatoms. The molecular weight excluding hydrogens is 346 g/mol. The lowest BCUT2D eigenvalue weighted by Gasteiger charge is -2.44. The van der Waals surface area contributed by atoms with Crippen molar-refractivity contribution < 1.29 is 14.3 Å². The van der Waals surface area contributed by atoms with Gasteiger partial charge in [0.15, 0.2) is 5.78 Å². The van der Waals surface area contributed by atoms with Crippen LogP contribution >= 0.6 is 0 Å². The van der Waals surface area contributed by atoms with Crippen molar-refractivity contribution in [2.24, 2.45) is 0 Å². The van der Waals surface area contributed by atoms with E-state index in [1.54, 1.807) is 4.90 Å². The summed E-state index contributed by atoms with van der Waals surface area (Å²) in [7, 11) is 0. The maximum Gasteiger partial charge on any atom is 0.274 e. The van der Waals surface area contributed by atoms with Crippen LogP contribution < -0.4 is 10.3 Å². The molecule has 0 unspecified atom stereocenters. The lowest BCUT2D eigenvalue weighted by molar-refractivity contribution is -0.00597. The molecule has 1 amide bonds. The number of amides is 1. The summed E-state index contributed by atoms with van der Waals surface area (Å²) in [6.45, 7) is 4.88. The number of nitrogens with zero attached hydrogens (tertiary/aromatic N) is 2. The molecule has 2 aliphatic heterocycles. The fourth-order valence-electron chi connectivity index (χ4n) is 4.04. The Morgan fingerprint density at radius 3 is 2.59 bits per heavy atom. The van der Waals surface area contributed by atoms with Gasteiger partial charge >= 0.3 is 0 Å². The van der Waals surface area contributed by atoms with Gasteiger partial charge in [-0.3, -0.25) is 14.4 Å². The summed E-state index contributed by atoms with van der Waals surface area (Å²) < 4.78 is 6.32. The molecule has 0 bridgehead atoms. The number of rotatable bonds is 1. The van der Waals surface area contributed by atoms with E-state index >= 15 is 0 Å². The molecule has 1 spiro atoms. The van der Waals surface area contributed by atoms with Crippen LogP contribution in [0.3, 0.4) is 0 Å². The molecule has 1 saturated heterocycles. The first-order chi connectivity index (χ1) is 12.9. The third kappa shape index (κ3) is 3.13. The highest BCUT2D eigenvalue weighted by Crippen LogP contribution is 2.41. The molecule has 7 nitrogen and oxygen atoms in total. The Balaban J connectivity index is 1.52. The highest BCUT2D eigenvalue weighted by molar-refractivity contribution is 6.02. The van der Waals surface area contributed by atoms with Crippen molar-refractivity contribution in [3.63, 3.8) is 0 Å². The van der Waals surface area contributed by atoms with Crippen LogP contribution in [0.2, 0.25) is 0 Å². The zero-order chi connectivity index (χ0) is 19.2. The number of ketones is 1.